The van der Waals surface area contributed by atoms with E-state index in [0.717, 1.165) is 6.20 Å². The molecule has 0 radical (unpaired) electrons. The molecule has 7 heteroatoms. The van der Waals surface area contributed by atoms with Crippen LogP contribution in [0.2, 0.25) is 0 Å². The summed E-state index contributed by atoms with van der Waals surface area (Å²) in [5, 5.41) is 2.66. The monoisotopic (exact) mass is 223 g/mol. The summed E-state index contributed by atoms with van der Waals surface area (Å²) in [7, 11) is 1.59. The van der Waals surface area contributed by atoms with Crippen molar-refractivity contribution in [2.24, 2.45) is 0 Å². The Bertz CT molecular complexity index is 326. The highest BCUT2D eigenvalue weighted by atomic mass is 32.2. The third-order valence-corrected chi connectivity index (χ3v) is 2.05. The number of alkyl halides is 3. The molecular weight excluding hydrogens is 215 g/mol. The average Bonchev–Trinajstić information content (AvgIpc) is 2.01. The summed E-state index contributed by atoms with van der Waals surface area (Å²) in [5.74, 6) is 0.372. The zero-order chi connectivity index (χ0) is 10.8. The minimum absolute atomic E-state index is 0.0194. The Morgan fingerprint density at radius 1 is 1.50 bits per heavy atom. The normalized spacial score (nSPS) is 11.4. The van der Waals surface area contributed by atoms with Gasteiger partial charge < -0.3 is 11.1 Å². The number of nitrogen functional groups attached to an aromatic ring is 1. The maximum absolute atomic E-state index is 11.9. The van der Waals surface area contributed by atoms with Gasteiger partial charge in [0.2, 0.25) is 0 Å². The lowest BCUT2D eigenvalue weighted by Gasteiger charge is -2.07. The number of hydrogen-bond acceptors (Lipinski definition) is 4. The van der Waals surface area contributed by atoms with Gasteiger partial charge in [-0.3, -0.25) is 0 Å². The molecule has 0 aliphatic rings. The summed E-state index contributed by atoms with van der Waals surface area (Å²) in [6.07, 6.45) is 1.13. The molecule has 1 aromatic heterocycles. The molecule has 78 valence electrons. The van der Waals surface area contributed by atoms with Crippen LogP contribution in [0.1, 0.15) is 0 Å². The summed E-state index contributed by atoms with van der Waals surface area (Å²) in [6, 6.07) is 1.23. The first-order chi connectivity index (χ1) is 6.42. The number of halogens is 3. The Morgan fingerprint density at radius 2 is 2.14 bits per heavy atom. The number of hydrogen-bond donors (Lipinski definition) is 2. The van der Waals surface area contributed by atoms with Crippen LogP contribution in [0.4, 0.5) is 24.7 Å². The molecule has 0 aliphatic heterocycles. The van der Waals surface area contributed by atoms with E-state index in [9.17, 15) is 13.2 Å². The molecule has 0 spiro atoms. The highest BCUT2D eigenvalue weighted by Crippen LogP contribution is 2.37. The van der Waals surface area contributed by atoms with Crippen LogP contribution < -0.4 is 11.1 Å². The summed E-state index contributed by atoms with van der Waals surface area (Å²) in [5.41, 5.74) is 1.33. The third-order valence-electron chi connectivity index (χ3n) is 1.36. The fraction of sp³-hybridized carbons (Fsp3) is 0.286. The lowest BCUT2D eigenvalue weighted by atomic mass is 10.4. The van der Waals surface area contributed by atoms with Gasteiger partial charge in [0, 0.05) is 18.1 Å². The molecule has 0 aliphatic carbocycles. The van der Waals surface area contributed by atoms with Crippen LogP contribution in [0, 0.1) is 0 Å². The Hall–Kier alpha value is -1.11. The quantitative estimate of drug-likeness (QED) is 0.755. The first-order valence-electron chi connectivity index (χ1n) is 3.61. The zero-order valence-electron chi connectivity index (χ0n) is 7.22. The van der Waals surface area contributed by atoms with Crippen LogP contribution >= 0.6 is 11.8 Å². The minimum Gasteiger partial charge on any atom is -0.396 e. The van der Waals surface area contributed by atoms with Gasteiger partial charge in [0.1, 0.15) is 5.82 Å². The Kier molecular flexibility index (Phi) is 3.10. The van der Waals surface area contributed by atoms with E-state index in [0.29, 0.717) is 5.82 Å². The second-order valence-electron chi connectivity index (χ2n) is 2.41. The number of nitrogens with one attached hydrogen (secondary N) is 1. The van der Waals surface area contributed by atoms with Crippen molar-refractivity contribution in [3.8, 4) is 0 Å². The Balaban J connectivity index is 2.87. The number of anilines is 2. The molecule has 0 aromatic carbocycles. The molecule has 0 saturated carbocycles. The maximum atomic E-state index is 11.9. The van der Waals surface area contributed by atoms with Crippen molar-refractivity contribution in [2.75, 3.05) is 18.1 Å². The fourth-order valence-corrected chi connectivity index (χ4v) is 1.42. The largest absolute Gasteiger partial charge is 0.446 e. The van der Waals surface area contributed by atoms with Gasteiger partial charge in [-0.05, 0) is 17.8 Å². The van der Waals surface area contributed by atoms with Crippen LogP contribution in [-0.2, 0) is 0 Å². The molecular formula is C7H8F3N3S. The van der Waals surface area contributed by atoms with Gasteiger partial charge in [-0.25, -0.2) is 4.98 Å². The molecule has 0 amide bonds. The Labute approximate surface area is 82.9 Å². The number of nitrogens with zero attached hydrogens (tertiary/aromatic N) is 1. The van der Waals surface area contributed by atoms with Crippen molar-refractivity contribution in [1.82, 2.24) is 4.98 Å². The number of thioether (sulfide) groups is 1. The molecule has 0 atom stereocenters. The van der Waals surface area contributed by atoms with Crippen molar-refractivity contribution in [3.05, 3.63) is 12.3 Å². The van der Waals surface area contributed by atoms with Gasteiger partial charge in [0.05, 0.1) is 5.69 Å². The van der Waals surface area contributed by atoms with Crippen LogP contribution in [0.5, 0.6) is 0 Å². The molecule has 1 heterocycles. The highest BCUT2D eigenvalue weighted by molar-refractivity contribution is 8.00. The molecule has 3 nitrogen and oxygen atoms in total. The molecule has 3 N–H and O–H groups in total. The van der Waals surface area contributed by atoms with Crippen LogP contribution in [0.3, 0.4) is 0 Å². The second kappa shape index (κ2) is 3.95. The average molecular weight is 223 g/mol. The predicted molar refractivity (Wildman–Crippen MR) is 50.1 cm³/mol. The van der Waals surface area contributed by atoms with Gasteiger partial charge in [-0.2, -0.15) is 13.2 Å². The van der Waals surface area contributed by atoms with E-state index in [1.165, 1.54) is 6.07 Å². The minimum atomic E-state index is -4.31. The number of nitrogens with two attached hydrogens (primary N) is 1. The molecule has 0 unspecified atom stereocenters. The van der Waals surface area contributed by atoms with Crippen LogP contribution in [-0.4, -0.2) is 17.5 Å². The van der Waals surface area contributed by atoms with Gasteiger partial charge in [-0.15, -0.1) is 0 Å². The van der Waals surface area contributed by atoms with Crippen molar-refractivity contribution in [2.45, 2.75) is 10.4 Å². The van der Waals surface area contributed by atoms with E-state index in [1.807, 2.05) is 0 Å². The van der Waals surface area contributed by atoms with E-state index in [1.54, 1.807) is 7.05 Å². The van der Waals surface area contributed by atoms with Gasteiger partial charge in [-0.1, -0.05) is 0 Å². The topological polar surface area (TPSA) is 50.9 Å². The Morgan fingerprint density at radius 3 is 2.57 bits per heavy atom. The maximum Gasteiger partial charge on any atom is 0.446 e. The first kappa shape index (κ1) is 11.0. The molecule has 1 aromatic rings. The van der Waals surface area contributed by atoms with Gasteiger partial charge in [0.25, 0.3) is 0 Å². The zero-order valence-corrected chi connectivity index (χ0v) is 8.04. The van der Waals surface area contributed by atoms with Gasteiger partial charge >= 0.3 is 5.51 Å². The number of rotatable bonds is 2. The summed E-state index contributed by atoms with van der Waals surface area (Å²) in [6.45, 7) is 0. The summed E-state index contributed by atoms with van der Waals surface area (Å²) in [4.78, 5) is 3.70. The summed E-state index contributed by atoms with van der Waals surface area (Å²) < 4.78 is 35.8. The molecule has 0 fully saturated rings. The third kappa shape index (κ3) is 2.99. The van der Waals surface area contributed by atoms with E-state index >= 15 is 0 Å². The lowest BCUT2D eigenvalue weighted by molar-refractivity contribution is -0.0328. The molecule has 14 heavy (non-hydrogen) atoms. The first-order valence-corrected chi connectivity index (χ1v) is 4.43. The van der Waals surface area contributed by atoms with Gasteiger partial charge in [0.15, 0.2) is 0 Å². The van der Waals surface area contributed by atoms with E-state index in [2.05, 4.69) is 10.3 Å². The fourth-order valence-electron chi connectivity index (χ4n) is 0.860. The lowest BCUT2D eigenvalue weighted by Crippen LogP contribution is -2.02. The number of aromatic nitrogens is 1. The van der Waals surface area contributed by atoms with Crippen molar-refractivity contribution in [1.29, 1.82) is 0 Å². The SMILES string of the molecule is CNc1ncc(SC(F)(F)F)cc1N. The predicted octanol–water partition coefficient (Wildman–Crippen LogP) is 2.32. The summed E-state index contributed by atoms with van der Waals surface area (Å²) >= 11 is -0.236. The smallest absolute Gasteiger partial charge is 0.396 e. The molecule has 1 rings (SSSR count). The standard InChI is InChI=1S/C7H8F3N3S/c1-12-6-5(11)2-4(3-13-6)14-7(8,9)10/h2-3H,11H2,1H3,(H,12,13). The van der Waals surface area contributed by atoms with Crippen molar-refractivity contribution < 1.29 is 13.2 Å². The van der Waals surface area contributed by atoms with Crippen LogP contribution in [0.25, 0.3) is 0 Å². The molecule has 0 bridgehead atoms. The van der Waals surface area contributed by atoms with E-state index < -0.39 is 5.51 Å². The highest BCUT2D eigenvalue weighted by Gasteiger charge is 2.29. The van der Waals surface area contributed by atoms with Crippen LogP contribution in [0.15, 0.2) is 17.2 Å². The van der Waals surface area contributed by atoms with E-state index in [-0.39, 0.29) is 22.3 Å². The van der Waals surface area contributed by atoms with Crippen molar-refractivity contribution in [3.63, 3.8) is 0 Å². The second-order valence-corrected chi connectivity index (χ2v) is 3.55. The number of pyridine rings is 1. The van der Waals surface area contributed by atoms with E-state index in [4.69, 9.17) is 5.73 Å². The van der Waals surface area contributed by atoms with Crippen molar-refractivity contribution >= 4 is 23.3 Å². The molecule has 0 saturated heterocycles.